The van der Waals surface area contributed by atoms with E-state index in [0.29, 0.717) is 12.5 Å². The van der Waals surface area contributed by atoms with Crippen LogP contribution in [0.15, 0.2) is 121 Å². The Kier molecular flexibility index (Phi) is 12.5. The molecule has 0 aromatic heterocycles. The normalized spacial score (nSPS) is 19.0. The number of halogens is 1. The van der Waals surface area contributed by atoms with Gasteiger partial charge in [0.25, 0.3) is 0 Å². The summed E-state index contributed by atoms with van der Waals surface area (Å²) in [6, 6.07) is 43.5. The van der Waals surface area contributed by atoms with Gasteiger partial charge >= 0.3 is 0 Å². The fraction of sp³-hybridized carbons (Fsp3) is 0.346. The first-order valence-electron chi connectivity index (χ1n) is 21.8. The SMILES string of the molecule is CC(C)(C)[S@@](=O)N[C@@H]1CCN(C(=O)C2CC2)c2ccc(Cc3ccc4ccccc4c3)cc21.[Cl-].[NH3+][C@@H]1CCN(C(=O)C2CC2)c2ccc(Cc3ccc4ccccc4c3)cc21. The van der Waals surface area contributed by atoms with E-state index in [1.165, 1.54) is 49.4 Å². The maximum atomic E-state index is 13.0. The summed E-state index contributed by atoms with van der Waals surface area (Å²) in [6.45, 7) is 7.43. The van der Waals surface area contributed by atoms with Crippen molar-refractivity contribution in [1.82, 2.24) is 4.72 Å². The molecule has 316 valence electrons. The van der Waals surface area contributed by atoms with Crippen LogP contribution in [0.2, 0.25) is 0 Å². The zero-order valence-electron chi connectivity index (χ0n) is 35.5. The van der Waals surface area contributed by atoms with E-state index in [2.05, 4.69) is 132 Å². The monoisotopic (exact) mass is 852 g/mol. The van der Waals surface area contributed by atoms with Crippen LogP contribution in [-0.4, -0.2) is 33.9 Å². The van der Waals surface area contributed by atoms with Crippen LogP contribution in [0.1, 0.15) is 105 Å². The molecule has 4 aliphatic rings. The Morgan fingerprint density at radius 2 is 1.02 bits per heavy atom. The van der Waals surface area contributed by atoms with Gasteiger partial charge in [-0.15, -0.1) is 0 Å². The number of hydrogen-bond donors (Lipinski definition) is 2. The highest BCUT2D eigenvalue weighted by molar-refractivity contribution is 7.84. The highest BCUT2D eigenvalue weighted by atomic mass is 35.5. The topological polar surface area (TPSA) is 97.4 Å². The van der Waals surface area contributed by atoms with Crippen molar-refractivity contribution in [3.8, 4) is 0 Å². The molecule has 2 fully saturated rings. The van der Waals surface area contributed by atoms with E-state index in [1.807, 2.05) is 30.6 Å². The van der Waals surface area contributed by atoms with Crippen molar-refractivity contribution in [2.75, 3.05) is 22.9 Å². The number of anilines is 2. The van der Waals surface area contributed by atoms with Gasteiger partial charge in [0, 0.05) is 48.6 Å². The van der Waals surface area contributed by atoms with Gasteiger partial charge < -0.3 is 27.9 Å². The molecular formula is C52H57ClN4O3S. The Bertz CT molecular complexity index is 2610. The van der Waals surface area contributed by atoms with Crippen LogP contribution in [0.25, 0.3) is 21.5 Å². The molecule has 0 radical (unpaired) electrons. The molecule has 9 heteroatoms. The van der Waals surface area contributed by atoms with E-state index in [9.17, 15) is 13.8 Å². The minimum Gasteiger partial charge on any atom is -1.00 e. The van der Waals surface area contributed by atoms with Crippen molar-refractivity contribution in [2.24, 2.45) is 11.8 Å². The van der Waals surface area contributed by atoms with E-state index in [0.717, 1.165) is 74.8 Å². The van der Waals surface area contributed by atoms with Crippen LogP contribution in [0.3, 0.4) is 0 Å². The lowest BCUT2D eigenvalue weighted by atomic mass is 9.92. The van der Waals surface area contributed by atoms with Gasteiger partial charge in [0.05, 0.1) is 21.4 Å². The van der Waals surface area contributed by atoms with Crippen LogP contribution >= 0.6 is 0 Å². The van der Waals surface area contributed by atoms with E-state index in [1.54, 1.807) is 0 Å². The number of hydrogen-bond acceptors (Lipinski definition) is 3. The summed E-state index contributed by atoms with van der Waals surface area (Å²) in [4.78, 5) is 29.6. The summed E-state index contributed by atoms with van der Waals surface area (Å²) in [5, 5.41) is 5.05. The number of fused-ring (bicyclic) bond motifs is 4. The van der Waals surface area contributed by atoms with E-state index < -0.39 is 11.0 Å². The molecule has 0 saturated heterocycles. The molecule has 2 amide bonds. The van der Waals surface area contributed by atoms with E-state index >= 15 is 0 Å². The summed E-state index contributed by atoms with van der Waals surface area (Å²) >= 11 is 0. The maximum Gasteiger partial charge on any atom is 0.230 e. The number of carbonyl (C=O) groups excluding carboxylic acids is 2. The number of rotatable bonds is 8. The molecule has 6 aromatic carbocycles. The van der Waals surface area contributed by atoms with Crippen molar-refractivity contribution in [3.63, 3.8) is 0 Å². The molecule has 0 spiro atoms. The zero-order valence-corrected chi connectivity index (χ0v) is 37.1. The number of quaternary nitrogens is 1. The molecule has 61 heavy (non-hydrogen) atoms. The lowest BCUT2D eigenvalue weighted by Gasteiger charge is -2.36. The molecule has 6 aromatic rings. The van der Waals surface area contributed by atoms with Gasteiger partial charge in [-0.05, 0) is 133 Å². The summed E-state index contributed by atoms with van der Waals surface area (Å²) in [7, 11) is -1.17. The molecule has 2 saturated carbocycles. The molecule has 2 aliphatic carbocycles. The molecule has 2 aliphatic heterocycles. The standard InChI is InChI=1S/C28H32N2O2S.C24H24N2O.ClH/c1-28(2,3)33(32)29-25-14-15-30(27(31)22-11-12-22)26-13-9-20(18-24(25)26)16-19-8-10-21-6-4-5-7-23(21)17-19;25-22-11-12-26(24(27)19-8-9-19)23-10-6-17(15-21(22)23)13-16-5-7-18-3-1-2-4-20(18)14-16;/h4-10,13,17-18,22,25,29H,11-12,14-16H2,1-3H3;1-7,10,14-15,19,22H,8-9,11-13,25H2;1H/t25-,33-;22-;/m11./s1. The number of benzene rings is 6. The third-order valence-electron chi connectivity index (χ3n) is 12.6. The van der Waals surface area contributed by atoms with Crippen LogP contribution in [0.4, 0.5) is 11.4 Å². The first-order valence-corrected chi connectivity index (χ1v) is 23.0. The Labute approximate surface area is 369 Å². The highest BCUT2D eigenvalue weighted by Crippen LogP contribution is 2.41. The lowest BCUT2D eigenvalue weighted by molar-refractivity contribution is -0.427. The molecule has 3 atom stereocenters. The van der Waals surface area contributed by atoms with Gasteiger partial charge in [0.1, 0.15) is 6.04 Å². The highest BCUT2D eigenvalue weighted by Gasteiger charge is 2.39. The molecule has 4 N–H and O–H groups in total. The average molecular weight is 854 g/mol. The zero-order chi connectivity index (χ0) is 41.5. The number of nitrogens with one attached hydrogen (secondary N) is 1. The van der Waals surface area contributed by atoms with Gasteiger partial charge in [-0.3, -0.25) is 9.59 Å². The van der Waals surface area contributed by atoms with Crippen LogP contribution in [0, 0.1) is 11.8 Å². The Balaban J connectivity index is 0.000000169. The average Bonchev–Trinajstić information content (AvgIpc) is 4.19. The summed E-state index contributed by atoms with van der Waals surface area (Å²) in [6.07, 6.45) is 7.56. The van der Waals surface area contributed by atoms with Crippen LogP contribution in [-0.2, 0) is 33.4 Å². The molecule has 0 unspecified atom stereocenters. The Morgan fingerprint density at radius 1 is 0.590 bits per heavy atom. The Hall–Kier alpha value is -4.86. The first-order chi connectivity index (χ1) is 29.0. The number of amides is 2. The van der Waals surface area contributed by atoms with Crippen molar-refractivity contribution in [3.05, 3.63) is 155 Å². The number of nitrogens with zero attached hydrogens (tertiary/aromatic N) is 2. The molecule has 0 bridgehead atoms. The van der Waals surface area contributed by atoms with Gasteiger partial charge in [-0.1, -0.05) is 103 Å². The van der Waals surface area contributed by atoms with Crippen LogP contribution in [0.5, 0.6) is 0 Å². The summed E-state index contributed by atoms with van der Waals surface area (Å²) < 4.78 is 15.9. The molecule has 10 rings (SSSR count). The summed E-state index contributed by atoms with van der Waals surface area (Å²) in [5.74, 6) is 0.999. The second-order valence-electron chi connectivity index (χ2n) is 18.4. The first kappa shape index (κ1) is 42.8. The molecular weight excluding hydrogens is 796 g/mol. The quantitative estimate of drug-likeness (QED) is 0.182. The van der Waals surface area contributed by atoms with Gasteiger partial charge in [-0.2, -0.15) is 0 Å². The minimum absolute atomic E-state index is 0. The molecule has 2 heterocycles. The third kappa shape index (κ3) is 9.63. The predicted octanol–water partition coefficient (Wildman–Crippen LogP) is 6.53. The maximum absolute atomic E-state index is 13.0. The van der Waals surface area contributed by atoms with Gasteiger partial charge in [-0.25, -0.2) is 8.93 Å². The lowest BCUT2D eigenvalue weighted by Crippen LogP contribution is -3.00. The fourth-order valence-corrected chi connectivity index (χ4v) is 9.63. The van der Waals surface area contributed by atoms with Crippen molar-refractivity contribution in [2.45, 2.75) is 89.0 Å². The van der Waals surface area contributed by atoms with Crippen molar-refractivity contribution in [1.29, 1.82) is 0 Å². The van der Waals surface area contributed by atoms with Gasteiger partial charge in [0.2, 0.25) is 11.8 Å². The van der Waals surface area contributed by atoms with E-state index in [4.69, 9.17) is 0 Å². The summed E-state index contributed by atoms with van der Waals surface area (Å²) in [5.41, 5.74) is 13.8. The Morgan fingerprint density at radius 3 is 1.51 bits per heavy atom. The fourth-order valence-electron chi connectivity index (χ4n) is 8.78. The second kappa shape index (κ2) is 17.9. The molecule has 7 nitrogen and oxygen atoms in total. The minimum atomic E-state index is -1.17. The van der Waals surface area contributed by atoms with Crippen molar-refractivity contribution >= 4 is 55.7 Å². The van der Waals surface area contributed by atoms with Crippen molar-refractivity contribution < 1.29 is 31.9 Å². The number of carbonyl (C=O) groups is 2. The largest absolute Gasteiger partial charge is 1.00 e. The van der Waals surface area contributed by atoms with Gasteiger partial charge in [0.15, 0.2) is 0 Å². The third-order valence-corrected chi connectivity index (χ3v) is 14.2. The van der Waals surface area contributed by atoms with Crippen LogP contribution < -0.4 is 32.7 Å². The smallest absolute Gasteiger partial charge is 0.230 e. The second-order valence-corrected chi connectivity index (χ2v) is 20.4. The van der Waals surface area contributed by atoms with E-state index in [-0.39, 0.29) is 47.0 Å². The predicted molar refractivity (Wildman–Crippen MR) is 245 cm³/mol.